The van der Waals surface area contributed by atoms with Crippen LogP contribution in [-0.4, -0.2) is 57.5 Å². The van der Waals surface area contributed by atoms with Crippen molar-refractivity contribution in [1.82, 2.24) is 9.88 Å². The van der Waals surface area contributed by atoms with Crippen LogP contribution in [0.5, 0.6) is 0 Å². The van der Waals surface area contributed by atoms with Crippen molar-refractivity contribution in [1.29, 1.82) is 0 Å². The number of alkyl halides is 2. The van der Waals surface area contributed by atoms with E-state index in [9.17, 15) is 23.5 Å². The molecule has 32 heavy (non-hydrogen) atoms. The Bertz CT molecular complexity index is 1000. The molecule has 0 saturated carbocycles. The Labute approximate surface area is 195 Å². The molecule has 1 aliphatic heterocycles. The number of amides is 1. The number of nitrogens with zero attached hydrogens (tertiary/aromatic N) is 2. The van der Waals surface area contributed by atoms with Crippen LogP contribution in [0.2, 0.25) is 0 Å². The number of carbonyl (C=O) groups excluding carboxylic acids is 1. The van der Waals surface area contributed by atoms with E-state index in [-0.39, 0.29) is 23.6 Å². The van der Waals surface area contributed by atoms with Crippen molar-refractivity contribution in [2.75, 3.05) is 13.2 Å². The summed E-state index contributed by atoms with van der Waals surface area (Å²) in [6.07, 6.45) is 2.42. The fourth-order valence-corrected chi connectivity index (χ4v) is 4.44. The number of hydrogen-bond donors (Lipinski definition) is 2. The van der Waals surface area contributed by atoms with Crippen molar-refractivity contribution >= 4 is 39.3 Å². The Morgan fingerprint density at radius 2 is 2.25 bits per heavy atom. The monoisotopic (exact) mass is 530 g/mol. The summed E-state index contributed by atoms with van der Waals surface area (Å²) >= 11 is 4.21. The van der Waals surface area contributed by atoms with Gasteiger partial charge in [-0.15, -0.1) is 11.3 Å². The predicted molar refractivity (Wildman–Crippen MR) is 117 cm³/mol. The first-order chi connectivity index (χ1) is 15.2. The number of halogens is 3. The quantitative estimate of drug-likeness (QED) is 0.464. The highest BCUT2D eigenvalue weighted by Crippen LogP contribution is 2.34. The molecule has 0 radical (unpaired) electrons. The third kappa shape index (κ3) is 5.90. The van der Waals surface area contributed by atoms with Crippen molar-refractivity contribution in [3.8, 4) is 0 Å². The number of aryl methyl sites for hydroxylation is 1. The second kappa shape index (κ2) is 10.5. The van der Waals surface area contributed by atoms with Crippen LogP contribution in [0.25, 0.3) is 0 Å². The molecule has 7 nitrogen and oxygen atoms in total. The van der Waals surface area contributed by atoms with E-state index < -0.39 is 30.1 Å². The number of cyclic esters (lactones) is 1. The number of hydrogen-bond acceptors (Lipinski definition) is 6. The summed E-state index contributed by atoms with van der Waals surface area (Å²) in [6.45, 7) is 0.421. The molecule has 2 heterocycles. The van der Waals surface area contributed by atoms with Gasteiger partial charge in [0.25, 0.3) is 0 Å². The van der Waals surface area contributed by atoms with Crippen LogP contribution in [0.3, 0.4) is 0 Å². The number of thiazole rings is 1. The topological polar surface area (TPSA) is 100.0 Å². The largest absolute Gasteiger partial charge is 0.477 e. The number of aromatic nitrogens is 1. The molecule has 1 fully saturated rings. The zero-order chi connectivity index (χ0) is 23.3. The zero-order valence-electron chi connectivity index (χ0n) is 16.8. The smallest absolute Gasteiger partial charge is 0.410 e. The van der Waals surface area contributed by atoms with Gasteiger partial charge in [-0.05, 0) is 18.6 Å². The molecule has 1 aromatic heterocycles. The van der Waals surface area contributed by atoms with Crippen LogP contribution in [0.4, 0.5) is 13.6 Å². The molecule has 172 valence electrons. The van der Waals surface area contributed by atoms with Crippen molar-refractivity contribution in [3.63, 3.8) is 0 Å². The van der Waals surface area contributed by atoms with Crippen LogP contribution in [-0.2, 0) is 17.1 Å². The number of carboxylic acid groups (broad SMARTS) is 1. The maximum absolute atomic E-state index is 14.6. The van der Waals surface area contributed by atoms with E-state index in [0.29, 0.717) is 28.7 Å². The number of aromatic carboxylic acids is 1. The SMILES string of the molecule is O=C(O)c1cnc(CCCN2C(=O)OCC[C@@H]2C=CC(O)C(F)(F)c2cccc(Br)c2)s1. The van der Waals surface area contributed by atoms with Crippen LogP contribution in [0, 0.1) is 0 Å². The Hall–Kier alpha value is -2.37. The lowest BCUT2D eigenvalue weighted by atomic mass is 10.0. The van der Waals surface area contributed by atoms with Gasteiger partial charge in [0.05, 0.1) is 23.9 Å². The molecule has 2 atom stereocenters. The molecule has 3 rings (SSSR count). The predicted octanol–water partition coefficient (Wildman–Crippen LogP) is 4.46. The van der Waals surface area contributed by atoms with Gasteiger partial charge in [0, 0.05) is 29.4 Å². The van der Waals surface area contributed by atoms with E-state index in [0.717, 1.165) is 17.4 Å². The van der Waals surface area contributed by atoms with Gasteiger partial charge in [0.15, 0.2) is 0 Å². The van der Waals surface area contributed by atoms with Gasteiger partial charge < -0.3 is 19.8 Å². The average molecular weight is 531 g/mol. The molecule has 0 spiro atoms. The van der Waals surface area contributed by atoms with Gasteiger partial charge in [-0.1, -0.05) is 40.2 Å². The van der Waals surface area contributed by atoms with E-state index in [4.69, 9.17) is 9.84 Å². The molecular weight excluding hydrogens is 510 g/mol. The first-order valence-electron chi connectivity index (χ1n) is 9.80. The lowest BCUT2D eigenvalue weighted by Crippen LogP contribution is -2.45. The zero-order valence-corrected chi connectivity index (χ0v) is 19.2. The second-order valence-corrected chi connectivity index (χ2v) is 9.18. The molecule has 1 aromatic carbocycles. The summed E-state index contributed by atoms with van der Waals surface area (Å²) in [5.74, 6) is -4.55. The molecule has 1 saturated heterocycles. The number of benzene rings is 1. The van der Waals surface area contributed by atoms with E-state index in [1.54, 1.807) is 6.07 Å². The van der Waals surface area contributed by atoms with E-state index in [2.05, 4.69) is 20.9 Å². The summed E-state index contributed by atoms with van der Waals surface area (Å²) in [5.41, 5.74) is -0.326. The summed E-state index contributed by atoms with van der Waals surface area (Å²) in [6, 6.07) is 5.05. The van der Waals surface area contributed by atoms with Gasteiger partial charge in [-0.25, -0.2) is 14.6 Å². The first kappa shape index (κ1) is 24.3. The standard InChI is InChI=1S/C21H21BrF2N2O5S/c22-14-4-1-3-13(11-14)21(23,24)17(27)7-6-15-8-10-31-20(30)26(15)9-2-5-18-25-12-16(32-18)19(28)29/h1,3-4,6-7,11-12,15,17,27H,2,5,8-10H2,(H,28,29)/t15-,17?/m0/s1. The molecule has 1 unspecified atom stereocenters. The lowest BCUT2D eigenvalue weighted by Gasteiger charge is -2.33. The van der Waals surface area contributed by atoms with Gasteiger partial charge in [0.1, 0.15) is 11.0 Å². The average Bonchev–Trinajstić information content (AvgIpc) is 3.23. The minimum Gasteiger partial charge on any atom is -0.477 e. The maximum atomic E-state index is 14.6. The summed E-state index contributed by atoms with van der Waals surface area (Å²) in [5, 5.41) is 19.7. The van der Waals surface area contributed by atoms with Gasteiger partial charge >= 0.3 is 18.0 Å². The first-order valence-corrected chi connectivity index (χ1v) is 11.4. The molecule has 1 aliphatic rings. The number of carbonyl (C=O) groups is 2. The minimum absolute atomic E-state index is 0.138. The van der Waals surface area contributed by atoms with Crippen molar-refractivity contribution in [2.24, 2.45) is 0 Å². The highest BCUT2D eigenvalue weighted by Gasteiger charge is 2.39. The number of carboxylic acids is 1. The van der Waals surface area contributed by atoms with Crippen molar-refractivity contribution < 1.29 is 33.3 Å². The van der Waals surface area contributed by atoms with Crippen molar-refractivity contribution in [2.45, 2.75) is 37.3 Å². The molecule has 1 amide bonds. The molecule has 2 N–H and O–H groups in total. The van der Waals surface area contributed by atoms with Gasteiger partial charge in [0.2, 0.25) is 0 Å². The van der Waals surface area contributed by atoms with Crippen LogP contribution in [0.1, 0.15) is 33.1 Å². The molecule has 2 aromatic rings. The number of ether oxygens (including phenoxy) is 1. The van der Waals surface area contributed by atoms with E-state index in [1.807, 2.05) is 0 Å². The van der Waals surface area contributed by atoms with E-state index in [1.165, 1.54) is 35.4 Å². The second-order valence-electron chi connectivity index (χ2n) is 7.15. The van der Waals surface area contributed by atoms with Gasteiger partial charge in [-0.2, -0.15) is 8.78 Å². The lowest BCUT2D eigenvalue weighted by molar-refractivity contribution is -0.0930. The summed E-state index contributed by atoms with van der Waals surface area (Å²) in [4.78, 5) is 28.7. The normalized spacial score (nSPS) is 18.1. The highest BCUT2D eigenvalue weighted by molar-refractivity contribution is 9.10. The Morgan fingerprint density at radius 1 is 1.47 bits per heavy atom. The molecule has 0 bridgehead atoms. The third-order valence-electron chi connectivity index (χ3n) is 4.92. The Kier molecular flexibility index (Phi) is 7.96. The van der Waals surface area contributed by atoms with Crippen LogP contribution in [0.15, 0.2) is 47.1 Å². The number of aliphatic hydroxyl groups is 1. The Morgan fingerprint density at radius 3 is 2.94 bits per heavy atom. The minimum atomic E-state index is -3.51. The van der Waals surface area contributed by atoms with Gasteiger partial charge in [-0.3, -0.25) is 0 Å². The fraction of sp³-hybridized carbons (Fsp3) is 0.381. The third-order valence-corrected chi connectivity index (χ3v) is 6.46. The maximum Gasteiger partial charge on any atom is 0.410 e. The summed E-state index contributed by atoms with van der Waals surface area (Å²) < 4.78 is 34.8. The highest BCUT2D eigenvalue weighted by atomic mass is 79.9. The molecular formula is C21H21BrF2N2O5S. The Balaban J connectivity index is 1.63. The molecule has 11 heteroatoms. The number of rotatable bonds is 9. The van der Waals surface area contributed by atoms with E-state index >= 15 is 0 Å². The number of aliphatic hydroxyl groups excluding tert-OH is 1. The fourth-order valence-electron chi connectivity index (χ4n) is 3.24. The van der Waals surface area contributed by atoms with Crippen LogP contribution < -0.4 is 0 Å². The summed E-state index contributed by atoms with van der Waals surface area (Å²) in [7, 11) is 0. The van der Waals surface area contributed by atoms with Crippen LogP contribution >= 0.6 is 27.3 Å². The van der Waals surface area contributed by atoms with Crippen molar-refractivity contribution in [3.05, 3.63) is 62.5 Å². The molecule has 0 aliphatic carbocycles.